The highest BCUT2D eigenvalue weighted by molar-refractivity contribution is 7.14. The molecule has 0 unspecified atom stereocenters. The number of rotatable bonds is 7. The minimum atomic E-state index is -0.0688. The van der Waals surface area contributed by atoms with Gasteiger partial charge in [-0.15, -0.1) is 11.3 Å². The molecule has 0 aliphatic heterocycles. The van der Waals surface area contributed by atoms with Crippen LogP contribution >= 0.6 is 11.3 Å². The number of aliphatic hydroxyl groups is 1. The Morgan fingerprint density at radius 3 is 2.90 bits per heavy atom. The summed E-state index contributed by atoms with van der Waals surface area (Å²) >= 11 is 1.37. The Kier molecular flexibility index (Phi) is 7.44. The molecule has 0 aliphatic rings. The van der Waals surface area contributed by atoms with Gasteiger partial charge in [-0.3, -0.25) is 4.79 Å². The van der Waals surface area contributed by atoms with Gasteiger partial charge in [-0.25, -0.2) is 0 Å². The first kappa shape index (κ1) is 17.7. The lowest BCUT2D eigenvalue weighted by atomic mass is 9.90. The quantitative estimate of drug-likeness (QED) is 0.760. The van der Waals surface area contributed by atoms with E-state index in [9.17, 15) is 4.79 Å². The number of aliphatic hydroxyl groups excluding tert-OH is 1. The zero-order valence-electron chi connectivity index (χ0n) is 12.9. The van der Waals surface area contributed by atoms with Gasteiger partial charge < -0.3 is 15.2 Å². The minimum Gasteiger partial charge on any atom is -0.395 e. The largest absolute Gasteiger partial charge is 0.395 e. The lowest BCUT2D eigenvalue weighted by Gasteiger charge is -2.24. The number of hydrogen-bond donors (Lipinski definition) is 2. The Labute approximate surface area is 130 Å². The number of thiophene rings is 1. The molecule has 116 valence electrons. The zero-order valence-corrected chi connectivity index (χ0v) is 13.7. The predicted octanol–water partition coefficient (Wildman–Crippen LogP) is 2.27. The van der Waals surface area contributed by atoms with Crippen molar-refractivity contribution in [1.82, 2.24) is 5.32 Å². The summed E-state index contributed by atoms with van der Waals surface area (Å²) in [6.07, 6.45) is 1.35. The van der Waals surface area contributed by atoms with Crippen LogP contribution in [0.25, 0.3) is 0 Å². The van der Waals surface area contributed by atoms with Crippen LogP contribution in [-0.4, -0.2) is 37.9 Å². The molecule has 1 rings (SSSR count). The predicted molar refractivity (Wildman–Crippen MR) is 85.5 cm³/mol. The molecule has 1 aromatic rings. The molecule has 1 aromatic heterocycles. The van der Waals surface area contributed by atoms with Crippen molar-refractivity contribution in [1.29, 1.82) is 0 Å². The molecule has 0 bridgehead atoms. The second-order valence-electron chi connectivity index (χ2n) is 5.53. The molecule has 5 heteroatoms. The zero-order chi connectivity index (χ0) is 15.7. The number of methoxy groups -OCH3 is 1. The number of amides is 1. The van der Waals surface area contributed by atoms with Gasteiger partial charge in [0.15, 0.2) is 0 Å². The molecule has 0 aliphatic carbocycles. The van der Waals surface area contributed by atoms with Gasteiger partial charge >= 0.3 is 0 Å². The van der Waals surface area contributed by atoms with Crippen molar-refractivity contribution in [3.63, 3.8) is 0 Å². The van der Waals surface area contributed by atoms with Gasteiger partial charge in [-0.05, 0) is 24.0 Å². The number of ether oxygens (including phenoxy) is 1. The third-order valence-corrected chi connectivity index (χ3v) is 3.99. The second-order valence-corrected chi connectivity index (χ2v) is 6.61. The van der Waals surface area contributed by atoms with E-state index in [1.165, 1.54) is 11.3 Å². The standard InChI is InChI=1S/C16H23NO3S/c1-16(2,9-11-20-3)12-17-15(19)14-8-7-13(21-14)6-4-5-10-18/h7-8,18H,5,9-12H2,1-3H3,(H,17,19). The summed E-state index contributed by atoms with van der Waals surface area (Å²) in [5, 5.41) is 11.6. The normalized spacial score (nSPS) is 10.9. The molecule has 0 radical (unpaired) electrons. The van der Waals surface area contributed by atoms with E-state index in [4.69, 9.17) is 9.84 Å². The summed E-state index contributed by atoms with van der Waals surface area (Å²) in [4.78, 5) is 13.6. The van der Waals surface area contributed by atoms with E-state index >= 15 is 0 Å². The van der Waals surface area contributed by atoms with Crippen LogP contribution in [0, 0.1) is 17.3 Å². The Morgan fingerprint density at radius 2 is 2.24 bits per heavy atom. The summed E-state index contributed by atoms with van der Waals surface area (Å²) in [6, 6.07) is 3.62. The number of hydrogen-bond acceptors (Lipinski definition) is 4. The highest BCUT2D eigenvalue weighted by atomic mass is 32.1. The van der Waals surface area contributed by atoms with Gasteiger partial charge in [-0.1, -0.05) is 25.7 Å². The van der Waals surface area contributed by atoms with Crippen LogP contribution in [0.1, 0.15) is 41.2 Å². The van der Waals surface area contributed by atoms with Gasteiger partial charge in [0.05, 0.1) is 16.4 Å². The topological polar surface area (TPSA) is 58.6 Å². The maximum atomic E-state index is 12.1. The van der Waals surface area contributed by atoms with Gasteiger partial charge in [0.1, 0.15) is 0 Å². The van der Waals surface area contributed by atoms with Crippen LogP contribution in [0.2, 0.25) is 0 Å². The second kappa shape index (κ2) is 8.83. The summed E-state index contributed by atoms with van der Waals surface area (Å²) < 4.78 is 5.08. The van der Waals surface area contributed by atoms with Crippen LogP contribution in [-0.2, 0) is 4.74 Å². The summed E-state index contributed by atoms with van der Waals surface area (Å²) in [5.41, 5.74) is 0.00664. The minimum absolute atomic E-state index is 0.00664. The molecule has 1 heterocycles. The molecule has 0 spiro atoms. The van der Waals surface area contributed by atoms with Crippen molar-refractivity contribution in [3.05, 3.63) is 21.9 Å². The average molecular weight is 309 g/mol. The third-order valence-electron chi connectivity index (χ3n) is 2.99. The van der Waals surface area contributed by atoms with E-state index in [1.54, 1.807) is 13.2 Å². The van der Waals surface area contributed by atoms with Gasteiger partial charge in [0.25, 0.3) is 5.91 Å². The number of nitrogens with one attached hydrogen (secondary N) is 1. The van der Waals surface area contributed by atoms with E-state index in [2.05, 4.69) is 31.0 Å². The van der Waals surface area contributed by atoms with Crippen molar-refractivity contribution in [3.8, 4) is 11.8 Å². The first-order valence-corrected chi connectivity index (χ1v) is 7.77. The molecule has 0 saturated carbocycles. The Hall–Kier alpha value is -1.35. The van der Waals surface area contributed by atoms with E-state index in [0.29, 0.717) is 24.4 Å². The molecular weight excluding hydrogens is 286 g/mol. The SMILES string of the molecule is COCCC(C)(C)CNC(=O)c1ccc(C#CCCO)s1. The average Bonchev–Trinajstić information content (AvgIpc) is 2.92. The maximum absolute atomic E-state index is 12.1. The van der Waals surface area contributed by atoms with Gasteiger partial charge in [0, 0.05) is 26.7 Å². The van der Waals surface area contributed by atoms with E-state index in [1.807, 2.05) is 6.07 Å². The molecule has 1 amide bonds. The molecule has 0 saturated heterocycles. The van der Waals surface area contributed by atoms with Crippen LogP contribution in [0.5, 0.6) is 0 Å². The lowest BCUT2D eigenvalue weighted by molar-refractivity contribution is 0.0925. The van der Waals surface area contributed by atoms with E-state index < -0.39 is 0 Å². The summed E-state index contributed by atoms with van der Waals surface area (Å²) in [7, 11) is 1.68. The van der Waals surface area contributed by atoms with Crippen molar-refractivity contribution >= 4 is 17.2 Å². The summed E-state index contributed by atoms with van der Waals surface area (Å²) in [6.45, 7) is 5.56. The van der Waals surface area contributed by atoms with Crippen molar-refractivity contribution in [2.75, 3.05) is 26.9 Å². The molecule has 0 fully saturated rings. The highest BCUT2D eigenvalue weighted by Gasteiger charge is 2.19. The number of carbonyl (C=O) groups is 1. The molecule has 21 heavy (non-hydrogen) atoms. The molecule has 4 nitrogen and oxygen atoms in total. The van der Waals surface area contributed by atoms with Crippen LogP contribution < -0.4 is 5.32 Å². The Bertz CT molecular complexity index is 511. The Balaban J connectivity index is 2.51. The molecular formula is C16H23NO3S. The number of carbonyl (C=O) groups excluding carboxylic acids is 1. The fourth-order valence-corrected chi connectivity index (χ4v) is 2.40. The van der Waals surface area contributed by atoms with Gasteiger partial charge in [0.2, 0.25) is 0 Å². The lowest BCUT2D eigenvalue weighted by Crippen LogP contribution is -2.34. The molecule has 2 N–H and O–H groups in total. The highest BCUT2D eigenvalue weighted by Crippen LogP contribution is 2.20. The fraction of sp³-hybridized carbons (Fsp3) is 0.562. The van der Waals surface area contributed by atoms with E-state index in [0.717, 1.165) is 11.3 Å². The van der Waals surface area contributed by atoms with Gasteiger partial charge in [-0.2, -0.15) is 0 Å². The van der Waals surface area contributed by atoms with Crippen molar-refractivity contribution in [2.45, 2.75) is 26.7 Å². The van der Waals surface area contributed by atoms with Crippen LogP contribution in [0.4, 0.5) is 0 Å². The first-order chi connectivity index (χ1) is 9.98. The van der Waals surface area contributed by atoms with E-state index in [-0.39, 0.29) is 17.9 Å². The smallest absolute Gasteiger partial charge is 0.261 e. The van der Waals surface area contributed by atoms with Crippen molar-refractivity contribution in [2.24, 2.45) is 5.41 Å². The van der Waals surface area contributed by atoms with Crippen molar-refractivity contribution < 1.29 is 14.6 Å². The molecule has 0 aromatic carbocycles. The first-order valence-electron chi connectivity index (χ1n) is 6.95. The third kappa shape index (κ3) is 6.76. The van der Waals surface area contributed by atoms with Crippen LogP contribution in [0.15, 0.2) is 12.1 Å². The van der Waals surface area contributed by atoms with Crippen LogP contribution in [0.3, 0.4) is 0 Å². The fourth-order valence-electron chi connectivity index (χ4n) is 1.61. The summed E-state index contributed by atoms with van der Waals surface area (Å²) in [5.74, 6) is 5.71. The Morgan fingerprint density at radius 1 is 1.48 bits per heavy atom. The monoisotopic (exact) mass is 309 g/mol. The molecule has 0 atom stereocenters. The maximum Gasteiger partial charge on any atom is 0.261 e.